The highest BCUT2D eigenvalue weighted by Crippen LogP contribution is 2.16. The van der Waals surface area contributed by atoms with Crippen LogP contribution in [0.4, 0.5) is 0 Å². The SMILES string of the molecule is CNCc1ccc(Br)c2ncnn12. The Kier molecular flexibility index (Phi) is 2.28. The average Bonchev–Trinajstić information content (AvgIpc) is 2.59. The Morgan fingerprint density at radius 3 is 3.15 bits per heavy atom. The van der Waals surface area contributed by atoms with Crippen LogP contribution < -0.4 is 5.32 Å². The van der Waals surface area contributed by atoms with Crippen molar-refractivity contribution in [3.63, 3.8) is 0 Å². The van der Waals surface area contributed by atoms with Crippen molar-refractivity contribution in [3.8, 4) is 0 Å². The van der Waals surface area contributed by atoms with Gasteiger partial charge in [0.15, 0.2) is 5.65 Å². The van der Waals surface area contributed by atoms with E-state index >= 15 is 0 Å². The van der Waals surface area contributed by atoms with E-state index < -0.39 is 0 Å². The molecule has 2 aromatic heterocycles. The molecule has 4 nitrogen and oxygen atoms in total. The van der Waals surface area contributed by atoms with Gasteiger partial charge in [-0.25, -0.2) is 9.50 Å². The molecule has 68 valence electrons. The summed E-state index contributed by atoms with van der Waals surface area (Å²) in [5.41, 5.74) is 1.95. The first-order valence-corrected chi connectivity index (χ1v) is 4.74. The molecule has 0 bridgehead atoms. The molecular weight excluding hydrogens is 232 g/mol. The predicted molar refractivity (Wildman–Crippen MR) is 53.5 cm³/mol. The Balaban J connectivity index is 2.64. The molecule has 0 saturated carbocycles. The molecule has 0 aromatic carbocycles. The average molecular weight is 241 g/mol. The van der Waals surface area contributed by atoms with Crippen LogP contribution in [-0.4, -0.2) is 21.6 Å². The lowest BCUT2D eigenvalue weighted by Crippen LogP contribution is -2.10. The van der Waals surface area contributed by atoms with E-state index in [1.54, 1.807) is 6.33 Å². The van der Waals surface area contributed by atoms with E-state index in [1.807, 2.05) is 23.7 Å². The predicted octanol–water partition coefficient (Wildman–Crippen LogP) is 1.21. The summed E-state index contributed by atoms with van der Waals surface area (Å²) in [5.74, 6) is 0. The monoisotopic (exact) mass is 240 g/mol. The standard InChI is InChI=1S/C8H9BrN4/c1-10-4-6-2-3-7(9)8-11-5-12-13(6)8/h2-3,5,10H,4H2,1H3. The summed E-state index contributed by atoms with van der Waals surface area (Å²) in [5, 5.41) is 7.22. The quantitative estimate of drug-likeness (QED) is 0.859. The fourth-order valence-corrected chi connectivity index (χ4v) is 1.65. The molecule has 2 rings (SSSR count). The summed E-state index contributed by atoms with van der Waals surface area (Å²) in [6.45, 7) is 0.785. The van der Waals surface area contributed by atoms with Gasteiger partial charge in [0.1, 0.15) is 6.33 Å². The minimum Gasteiger partial charge on any atom is -0.314 e. The Morgan fingerprint density at radius 2 is 2.38 bits per heavy atom. The van der Waals surface area contributed by atoms with Crippen molar-refractivity contribution in [1.82, 2.24) is 19.9 Å². The molecule has 0 atom stereocenters. The maximum absolute atomic E-state index is 4.14. The smallest absolute Gasteiger partial charge is 0.169 e. The lowest BCUT2D eigenvalue weighted by Gasteiger charge is -2.03. The van der Waals surface area contributed by atoms with E-state index in [4.69, 9.17) is 0 Å². The molecule has 5 heteroatoms. The van der Waals surface area contributed by atoms with Crippen LogP contribution in [0.5, 0.6) is 0 Å². The highest BCUT2D eigenvalue weighted by Gasteiger charge is 2.04. The molecule has 1 N–H and O–H groups in total. The molecular formula is C8H9BrN4. The molecule has 0 aliphatic rings. The Morgan fingerprint density at radius 1 is 1.54 bits per heavy atom. The van der Waals surface area contributed by atoms with Gasteiger partial charge in [-0.1, -0.05) is 0 Å². The number of rotatable bonds is 2. The van der Waals surface area contributed by atoms with Gasteiger partial charge in [0.25, 0.3) is 0 Å². The number of nitrogens with one attached hydrogen (secondary N) is 1. The van der Waals surface area contributed by atoms with Crippen molar-refractivity contribution in [2.45, 2.75) is 6.54 Å². The van der Waals surface area contributed by atoms with E-state index in [2.05, 4.69) is 31.3 Å². The van der Waals surface area contributed by atoms with Crippen LogP contribution in [0.2, 0.25) is 0 Å². The number of hydrogen-bond donors (Lipinski definition) is 1. The highest BCUT2D eigenvalue weighted by atomic mass is 79.9. The molecule has 0 unspecified atom stereocenters. The maximum Gasteiger partial charge on any atom is 0.169 e. The fraction of sp³-hybridized carbons (Fsp3) is 0.250. The molecule has 0 amide bonds. The van der Waals surface area contributed by atoms with Crippen LogP contribution >= 0.6 is 15.9 Å². The second kappa shape index (κ2) is 3.43. The molecule has 0 spiro atoms. The molecule has 0 aliphatic carbocycles. The van der Waals surface area contributed by atoms with Gasteiger partial charge in [0.2, 0.25) is 0 Å². The second-order valence-electron chi connectivity index (χ2n) is 2.70. The number of halogens is 1. The largest absolute Gasteiger partial charge is 0.314 e. The molecule has 2 aromatic rings. The lowest BCUT2D eigenvalue weighted by molar-refractivity contribution is 0.746. The van der Waals surface area contributed by atoms with Crippen LogP contribution in [0.3, 0.4) is 0 Å². The van der Waals surface area contributed by atoms with Gasteiger partial charge < -0.3 is 5.32 Å². The van der Waals surface area contributed by atoms with E-state index in [0.29, 0.717) is 0 Å². The zero-order chi connectivity index (χ0) is 9.26. The van der Waals surface area contributed by atoms with Gasteiger partial charge in [-0.15, -0.1) is 0 Å². The number of aromatic nitrogens is 3. The van der Waals surface area contributed by atoms with Gasteiger partial charge in [-0.05, 0) is 35.1 Å². The summed E-state index contributed by atoms with van der Waals surface area (Å²) < 4.78 is 2.78. The van der Waals surface area contributed by atoms with E-state index in [1.165, 1.54) is 0 Å². The van der Waals surface area contributed by atoms with Crippen molar-refractivity contribution in [2.24, 2.45) is 0 Å². The topological polar surface area (TPSA) is 42.2 Å². The van der Waals surface area contributed by atoms with Crippen molar-refractivity contribution in [2.75, 3.05) is 7.05 Å². The van der Waals surface area contributed by atoms with E-state index in [0.717, 1.165) is 22.4 Å². The van der Waals surface area contributed by atoms with Crippen LogP contribution in [0.15, 0.2) is 22.9 Å². The summed E-state index contributed by atoms with van der Waals surface area (Å²) >= 11 is 3.42. The Labute approximate surface area is 84.1 Å². The second-order valence-corrected chi connectivity index (χ2v) is 3.55. The normalized spacial score (nSPS) is 10.9. The molecule has 2 heterocycles. The Bertz CT molecular complexity index is 423. The van der Waals surface area contributed by atoms with Gasteiger partial charge in [-0.2, -0.15) is 5.10 Å². The third-order valence-electron chi connectivity index (χ3n) is 1.81. The number of fused-ring (bicyclic) bond motifs is 1. The zero-order valence-corrected chi connectivity index (χ0v) is 8.74. The first kappa shape index (κ1) is 8.65. The Hall–Kier alpha value is -0.940. The molecule has 0 aliphatic heterocycles. The molecule has 0 radical (unpaired) electrons. The number of pyridine rings is 1. The molecule has 13 heavy (non-hydrogen) atoms. The van der Waals surface area contributed by atoms with Gasteiger partial charge >= 0.3 is 0 Å². The zero-order valence-electron chi connectivity index (χ0n) is 7.16. The van der Waals surface area contributed by atoms with Crippen molar-refractivity contribution in [3.05, 3.63) is 28.6 Å². The van der Waals surface area contributed by atoms with E-state index in [9.17, 15) is 0 Å². The third kappa shape index (κ3) is 1.45. The van der Waals surface area contributed by atoms with Crippen LogP contribution in [-0.2, 0) is 6.54 Å². The molecule has 0 saturated heterocycles. The van der Waals surface area contributed by atoms with E-state index in [-0.39, 0.29) is 0 Å². The van der Waals surface area contributed by atoms with Crippen molar-refractivity contribution >= 4 is 21.6 Å². The fourth-order valence-electron chi connectivity index (χ4n) is 1.24. The third-order valence-corrected chi connectivity index (χ3v) is 2.43. The van der Waals surface area contributed by atoms with Gasteiger partial charge in [-0.3, -0.25) is 0 Å². The highest BCUT2D eigenvalue weighted by molar-refractivity contribution is 9.10. The first-order valence-electron chi connectivity index (χ1n) is 3.94. The minimum absolute atomic E-state index is 0.785. The van der Waals surface area contributed by atoms with Crippen molar-refractivity contribution in [1.29, 1.82) is 0 Å². The summed E-state index contributed by atoms with van der Waals surface area (Å²) in [7, 11) is 1.91. The van der Waals surface area contributed by atoms with Gasteiger partial charge in [0.05, 0.1) is 10.2 Å². The van der Waals surface area contributed by atoms with Crippen LogP contribution in [0.1, 0.15) is 5.69 Å². The number of hydrogen-bond acceptors (Lipinski definition) is 3. The summed E-state index contributed by atoms with van der Waals surface area (Å²) in [4.78, 5) is 4.14. The maximum atomic E-state index is 4.14. The van der Waals surface area contributed by atoms with Crippen molar-refractivity contribution < 1.29 is 0 Å². The summed E-state index contributed by atoms with van der Waals surface area (Å²) in [6, 6.07) is 4.00. The van der Waals surface area contributed by atoms with Gasteiger partial charge in [0, 0.05) is 6.54 Å². The minimum atomic E-state index is 0.785. The van der Waals surface area contributed by atoms with Crippen LogP contribution in [0, 0.1) is 0 Å². The lowest BCUT2D eigenvalue weighted by atomic mass is 10.3. The molecule has 0 fully saturated rings. The van der Waals surface area contributed by atoms with Crippen LogP contribution in [0.25, 0.3) is 5.65 Å². The first-order chi connectivity index (χ1) is 6.33. The summed E-state index contributed by atoms with van der Waals surface area (Å²) in [6.07, 6.45) is 1.55. The number of nitrogens with zero attached hydrogens (tertiary/aromatic N) is 3.